The van der Waals surface area contributed by atoms with Crippen LogP contribution in [0.2, 0.25) is 0 Å². The van der Waals surface area contributed by atoms with E-state index in [9.17, 15) is 0 Å². The summed E-state index contributed by atoms with van der Waals surface area (Å²) in [5.41, 5.74) is 7.00. The van der Waals surface area contributed by atoms with E-state index in [-0.39, 0.29) is 6.61 Å². The van der Waals surface area contributed by atoms with Crippen molar-refractivity contribution >= 4 is 11.5 Å². The van der Waals surface area contributed by atoms with Gasteiger partial charge in [0.2, 0.25) is 0 Å². The highest BCUT2D eigenvalue weighted by Crippen LogP contribution is 2.19. The van der Waals surface area contributed by atoms with Crippen molar-refractivity contribution in [1.29, 1.82) is 0 Å². The van der Waals surface area contributed by atoms with E-state index in [0.717, 1.165) is 5.56 Å². The van der Waals surface area contributed by atoms with Gasteiger partial charge in [-0.05, 0) is 32.4 Å². The predicted molar refractivity (Wildman–Crippen MR) is 58.2 cm³/mol. The molecule has 0 aliphatic carbocycles. The number of aryl methyl sites for hydroxylation is 1. The average molecular weight is 195 g/mol. The Labute approximate surface area is 84.2 Å². The van der Waals surface area contributed by atoms with Gasteiger partial charge in [-0.15, -0.1) is 0 Å². The van der Waals surface area contributed by atoms with Crippen LogP contribution in [-0.2, 0) is 0 Å². The van der Waals surface area contributed by atoms with E-state index < -0.39 is 5.54 Å². The molecule has 0 bridgehead atoms. The van der Waals surface area contributed by atoms with E-state index >= 15 is 0 Å². The van der Waals surface area contributed by atoms with Gasteiger partial charge >= 0.3 is 0 Å². The highest BCUT2D eigenvalue weighted by molar-refractivity contribution is 5.62. The molecule has 1 heterocycles. The Hall–Kier alpha value is -1.29. The van der Waals surface area contributed by atoms with Gasteiger partial charge in [-0.1, -0.05) is 0 Å². The summed E-state index contributed by atoms with van der Waals surface area (Å²) in [5.74, 6) is 0.620. The fraction of sp³-hybridized carbons (Fsp3) is 0.500. The first kappa shape index (κ1) is 10.8. The minimum Gasteiger partial charge on any atom is -0.396 e. The molecule has 4 N–H and O–H groups in total. The van der Waals surface area contributed by atoms with Crippen LogP contribution in [0.15, 0.2) is 12.3 Å². The molecule has 0 aromatic carbocycles. The van der Waals surface area contributed by atoms with E-state index in [1.807, 2.05) is 26.8 Å². The Morgan fingerprint density at radius 2 is 2.21 bits per heavy atom. The summed E-state index contributed by atoms with van der Waals surface area (Å²) in [5, 5.41) is 12.1. The maximum atomic E-state index is 9.07. The highest BCUT2D eigenvalue weighted by atomic mass is 16.3. The molecule has 0 unspecified atom stereocenters. The lowest BCUT2D eigenvalue weighted by atomic mass is 10.1. The number of anilines is 2. The molecular formula is C10H17N3O. The zero-order valence-electron chi connectivity index (χ0n) is 8.83. The number of nitrogen functional groups attached to an aromatic ring is 1. The van der Waals surface area contributed by atoms with Crippen LogP contribution in [0.3, 0.4) is 0 Å². The number of aliphatic hydroxyl groups is 1. The summed E-state index contributed by atoms with van der Waals surface area (Å²) >= 11 is 0. The SMILES string of the molecule is Cc1cnc(NC(C)(C)CO)c(N)c1. The second kappa shape index (κ2) is 3.84. The van der Waals surface area contributed by atoms with Crippen molar-refractivity contribution < 1.29 is 5.11 Å². The van der Waals surface area contributed by atoms with Crippen LogP contribution in [0.5, 0.6) is 0 Å². The van der Waals surface area contributed by atoms with Crippen LogP contribution in [0.4, 0.5) is 11.5 Å². The average Bonchev–Trinajstić information content (AvgIpc) is 2.10. The van der Waals surface area contributed by atoms with Crippen molar-refractivity contribution in [3.8, 4) is 0 Å². The summed E-state index contributed by atoms with van der Waals surface area (Å²) in [6.45, 7) is 5.73. The van der Waals surface area contributed by atoms with Crippen LogP contribution < -0.4 is 11.1 Å². The van der Waals surface area contributed by atoms with Crippen molar-refractivity contribution in [2.45, 2.75) is 26.3 Å². The highest BCUT2D eigenvalue weighted by Gasteiger charge is 2.17. The van der Waals surface area contributed by atoms with Crippen molar-refractivity contribution in [2.75, 3.05) is 17.7 Å². The number of aromatic nitrogens is 1. The molecule has 0 aliphatic rings. The Balaban J connectivity index is 2.87. The number of nitrogens with two attached hydrogens (primary N) is 1. The van der Waals surface area contributed by atoms with Gasteiger partial charge in [0.1, 0.15) is 5.82 Å². The van der Waals surface area contributed by atoms with Gasteiger partial charge in [0.05, 0.1) is 17.8 Å². The standard InChI is InChI=1S/C10H17N3O/c1-7-4-8(11)9(12-5-7)13-10(2,3)6-14/h4-5,14H,6,11H2,1-3H3,(H,12,13). The molecule has 0 fully saturated rings. The fourth-order valence-electron chi connectivity index (χ4n) is 1.06. The third-order valence-corrected chi connectivity index (χ3v) is 1.91. The number of rotatable bonds is 3. The lowest BCUT2D eigenvalue weighted by molar-refractivity contribution is 0.234. The molecule has 0 atom stereocenters. The molecule has 0 radical (unpaired) electrons. The largest absolute Gasteiger partial charge is 0.396 e. The first-order valence-corrected chi connectivity index (χ1v) is 4.56. The lowest BCUT2D eigenvalue weighted by Crippen LogP contribution is -2.35. The molecule has 0 spiro atoms. The zero-order valence-corrected chi connectivity index (χ0v) is 8.83. The van der Waals surface area contributed by atoms with E-state index in [1.165, 1.54) is 0 Å². The monoisotopic (exact) mass is 195 g/mol. The van der Waals surface area contributed by atoms with Gasteiger partial charge < -0.3 is 16.2 Å². The van der Waals surface area contributed by atoms with E-state index in [0.29, 0.717) is 11.5 Å². The number of hydrogen-bond acceptors (Lipinski definition) is 4. The molecule has 1 aromatic rings. The Bertz CT molecular complexity index is 323. The van der Waals surface area contributed by atoms with Crippen LogP contribution in [-0.4, -0.2) is 22.2 Å². The van der Waals surface area contributed by atoms with Gasteiger partial charge in [0.15, 0.2) is 0 Å². The fourth-order valence-corrected chi connectivity index (χ4v) is 1.06. The molecule has 78 valence electrons. The topological polar surface area (TPSA) is 71.2 Å². The van der Waals surface area contributed by atoms with Gasteiger partial charge in [-0.3, -0.25) is 0 Å². The van der Waals surface area contributed by atoms with Gasteiger partial charge in [0, 0.05) is 6.20 Å². The van der Waals surface area contributed by atoms with E-state index in [4.69, 9.17) is 10.8 Å². The Kier molecular flexibility index (Phi) is 2.96. The molecule has 4 heteroatoms. The molecule has 1 aromatic heterocycles. The number of nitrogens with zero attached hydrogens (tertiary/aromatic N) is 1. The molecule has 0 saturated heterocycles. The summed E-state index contributed by atoms with van der Waals surface area (Å²) in [4.78, 5) is 4.16. The van der Waals surface area contributed by atoms with Crippen LogP contribution in [0.1, 0.15) is 19.4 Å². The number of aliphatic hydroxyl groups excluding tert-OH is 1. The number of pyridine rings is 1. The van der Waals surface area contributed by atoms with Crippen molar-refractivity contribution in [3.63, 3.8) is 0 Å². The molecule has 0 amide bonds. The second-order valence-corrected chi connectivity index (χ2v) is 4.12. The molecule has 14 heavy (non-hydrogen) atoms. The van der Waals surface area contributed by atoms with Gasteiger partial charge in [-0.25, -0.2) is 4.98 Å². The van der Waals surface area contributed by atoms with E-state index in [2.05, 4.69) is 10.3 Å². The van der Waals surface area contributed by atoms with Crippen molar-refractivity contribution in [2.24, 2.45) is 0 Å². The van der Waals surface area contributed by atoms with E-state index in [1.54, 1.807) is 6.20 Å². The Morgan fingerprint density at radius 3 is 2.71 bits per heavy atom. The van der Waals surface area contributed by atoms with Crippen LogP contribution in [0, 0.1) is 6.92 Å². The van der Waals surface area contributed by atoms with Gasteiger partial charge in [-0.2, -0.15) is 0 Å². The second-order valence-electron chi connectivity index (χ2n) is 4.12. The predicted octanol–water partition coefficient (Wildman–Crippen LogP) is 1.16. The summed E-state index contributed by atoms with van der Waals surface area (Å²) in [7, 11) is 0. The zero-order chi connectivity index (χ0) is 10.8. The lowest BCUT2D eigenvalue weighted by Gasteiger charge is -2.24. The van der Waals surface area contributed by atoms with Gasteiger partial charge in [0.25, 0.3) is 0 Å². The third-order valence-electron chi connectivity index (χ3n) is 1.91. The molecule has 4 nitrogen and oxygen atoms in total. The minimum absolute atomic E-state index is 0.0298. The van der Waals surface area contributed by atoms with Crippen molar-refractivity contribution in [3.05, 3.63) is 17.8 Å². The summed E-state index contributed by atoms with van der Waals surface area (Å²) < 4.78 is 0. The summed E-state index contributed by atoms with van der Waals surface area (Å²) in [6.07, 6.45) is 1.74. The summed E-state index contributed by atoms with van der Waals surface area (Å²) in [6, 6.07) is 1.85. The number of nitrogens with one attached hydrogen (secondary N) is 1. The maximum Gasteiger partial charge on any atom is 0.149 e. The normalized spacial score (nSPS) is 11.4. The first-order chi connectivity index (χ1) is 6.44. The Morgan fingerprint density at radius 1 is 1.57 bits per heavy atom. The van der Waals surface area contributed by atoms with Crippen LogP contribution >= 0.6 is 0 Å². The first-order valence-electron chi connectivity index (χ1n) is 4.56. The molecule has 0 saturated carbocycles. The molecular weight excluding hydrogens is 178 g/mol. The molecule has 0 aliphatic heterocycles. The minimum atomic E-state index is -0.406. The molecule has 1 rings (SSSR count). The smallest absolute Gasteiger partial charge is 0.149 e. The quantitative estimate of drug-likeness (QED) is 0.676. The third kappa shape index (κ3) is 2.60. The van der Waals surface area contributed by atoms with Crippen molar-refractivity contribution in [1.82, 2.24) is 4.98 Å². The van der Waals surface area contributed by atoms with Crippen LogP contribution in [0.25, 0.3) is 0 Å². The number of hydrogen-bond donors (Lipinski definition) is 3. The maximum absolute atomic E-state index is 9.07.